The lowest BCUT2D eigenvalue weighted by atomic mass is 9.89. The third-order valence-electron chi connectivity index (χ3n) is 4.76. The molecule has 0 aliphatic carbocycles. The summed E-state index contributed by atoms with van der Waals surface area (Å²) in [5.74, 6) is -1.45. The van der Waals surface area contributed by atoms with E-state index >= 15 is 0 Å². The average Bonchev–Trinajstić information content (AvgIpc) is 3.15. The van der Waals surface area contributed by atoms with E-state index in [0.717, 1.165) is 16.8 Å². The predicted molar refractivity (Wildman–Crippen MR) is 93.9 cm³/mol. The maximum Gasteiger partial charge on any atom is 0.425 e. The van der Waals surface area contributed by atoms with Crippen LogP contribution in [0.5, 0.6) is 0 Å². The van der Waals surface area contributed by atoms with Gasteiger partial charge in [-0.1, -0.05) is 36.4 Å². The fraction of sp³-hybridized carbons (Fsp3) is 0.222. The van der Waals surface area contributed by atoms with E-state index < -0.39 is 41.5 Å². The molecule has 1 aliphatic rings. The zero-order valence-corrected chi connectivity index (χ0v) is 14.8. The molecule has 2 aromatic heterocycles. The number of nitrogens with zero attached hydrogens (tertiary/aromatic N) is 4. The lowest BCUT2D eigenvalue weighted by Crippen LogP contribution is -2.55. The number of fused-ring (bicyclic) bond motifs is 1. The molecule has 1 unspecified atom stereocenters. The van der Waals surface area contributed by atoms with Crippen LogP contribution in [0.25, 0.3) is 5.65 Å². The van der Waals surface area contributed by atoms with E-state index in [9.17, 15) is 27.6 Å². The molecule has 150 valence electrons. The van der Waals surface area contributed by atoms with Crippen molar-refractivity contribution in [3.05, 3.63) is 70.8 Å². The van der Waals surface area contributed by atoms with Crippen LogP contribution in [0.15, 0.2) is 59.5 Å². The van der Waals surface area contributed by atoms with Gasteiger partial charge >= 0.3 is 17.9 Å². The van der Waals surface area contributed by atoms with E-state index in [1.165, 1.54) is 28.8 Å². The number of rotatable bonds is 4. The molecule has 1 aliphatic heterocycles. The number of halogens is 3. The van der Waals surface area contributed by atoms with Gasteiger partial charge in [-0.2, -0.15) is 13.2 Å². The van der Waals surface area contributed by atoms with Gasteiger partial charge in [-0.05, 0) is 17.7 Å². The molecule has 3 heterocycles. The smallest absolute Gasteiger partial charge is 0.312 e. The SMILES string of the molecule is O=C1NC(c2ccccc2)(C(F)(F)F)C(=O)N1CCn1nc2ccccn2c1=O. The second-order valence-corrected chi connectivity index (χ2v) is 6.44. The molecule has 1 N–H and O–H groups in total. The van der Waals surface area contributed by atoms with Crippen LogP contribution in [0.2, 0.25) is 0 Å². The van der Waals surface area contributed by atoms with Gasteiger partial charge in [0.15, 0.2) is 5.65 Å². The van der Waals surface area contributed by atoms with E-state index in [1.54, 1.807) is 23.5 Å². The lowest BCUT2D eigenvalue weighted by Gasteiger charge is -2.29. The highest BCUT2D eigenvalue weighted by atomic mass is 19.4. The van der Waals surface area contributed by atoms with Crippen molar-refractivity contribution in [2.45, 2.75) is 18.3 Å². The lowest BCUT2D eigenvalue weighted by molar-refractivity contribution is -0.198. The summed E-state index contributed by atoms with van der Waals surface area (Å²) in [7, 11) is 0. The Morgan fingerprint density at radius 3 is 2.31 bits per heavy atom. The number of carbonyl (C=O) groups excluding carboxylic acids is 2. The van der Waals surface area contributed by atoms with Crippen LogP contribution in [0.3, 0.4) is 0 Å². The van der Waals surface area contributed by atoms with Gasteiger partial charge in [-0.25, -0.2) is 14.3 Å². The van der Waals surface area contributed by atoms with Gasteiger partial charge in [-0.3, -0.25) is 14.1 Å². The second-order valence-electron chi connectivity index (χ2n) is 6.44. The van der Waals surface area contributed by atoms with Gasteiger partial charge in [0.1, 0.15) is 0 Å². The van der Waals surface area contributed by atoms with Crippen LogP contribution in [-0.4, -0.2) is 43.7 Å². The Morgan fingerprint density at radius 1 is 0.966 bits per heavy atom. The zero-order chi connectivity index (χ0) is 20.8. The van der Waals surface area contributed by atoms with Crippen molar-refractivity contribution >= 4 is 17.6 Å². The minimum atomic E-state index is -5.06. The number of benzene rings is 1. The van der Waals surface area contributed by atoms with Crippen LogP contribution in [0.4, 0.5) is 18.0 Å². The first-order valence-electron chi connectivity index (χ1n) is 8.56. The van der Waals surface area contributed by atoms with Crippen LogP contribution in [-0.2, 0) is 16.9 Å². The van der Waals surface area contributed by atoms with E-state index in [-0.39, 0.29) is 6.54 Å². The summed E-state index contributed by atoms with van der Waals surface area (Å²) in [6.07, 6.45) is -3.57. The molecule has 3 amide bonds. The van der Waals surface area contributed by atoms with Crippen molar-refractivity contribution in [2.24, 2.45) is 0 Å². The monoisotopic (exact) mass is 405 g/mol. The molecule has 1 aromatic carbocycles. The van der Waals surface area contributed by atoms with Gasteiger partial charge in [-0.15, -0.1) is 5.10 Å². The molecule has 1 saturated heterocycles. The minimum absolute atomic E-state index is 0.248. The summed E-state index contributed by atoms with van der Waals surface area (Å²) in [4.78, 5) is 37.8. The molecule has 0 radical (unpaired) electrons. The number of aromatic nitrogens is 3. The topological polar surface area (TPSA) is 88.7 Å². The first kappa shape index (κ1) is 18.7. The number of hydrogen-bond acceptors (Lipinski definition) is 4. The van der Waals surface area contributed by atoms with E-state index in [2.05, 4.69) is 5.10 Å². The van der Waals surface area contributed by atoms with Gasteiger partial charge in [0.2, 0.25) is 5.54 Å². The molecule has 29 heavy (non-hydrogen) atoms. The summed E-state index contributed by atoms with van der Waals surface area (Å²) >= 11 is 0. The number of pyridine rings is 1. The number of alkyl halides is 3. The number of carbonyl (C=O) groups is 2. The molecular formula is C18H14F3N5O3. The fourth-order valence-corrected chi connectivity index (χ4v) is 3.33. The number of hydrogen-bond donors (Lipinski definition) is 1. The Bertz CT molecular complexity index is 1150. The zero-order valence-electron chi connectivity index (χ0n) is 14.8. The van der Waals surface area contributed by atoms with Crippen LogP contribution in [0, 0.1) is 0 Å². The highest BCUT2D eigenvalue weighted by Crippen LogP contribution is 2.43. The van der Waals surface area contributed by atoms with Crippen LogP contribution < -0.4 is 11.0 Å². The summed E-state index contributed by atoms with van der Waals surface area (Å²) in [6.45, 7) is -0.693. The predicted octanol–water partition coefficient (Wildman–Crippen LogP) is 1.51. The maximum atomic E-state index is 13.9. The fourth-order valence-electron chi connectivity index (χ4n) is 3.33. The molecule has 0 saturated carbocycles. The van der Waals surface area contributed by atoms with E-state index in [1.807, 2.05) is 0 Å². The normalized spacial score (nSPS) is 19.8. The van der Waals surface area contributed by atoms with E-state index in [0.29, 0.717) is 10.5 Å². The van der Waals surface area contributed by atoms with Crippen molar-refractivity contribution in [1.29, 1.82) is 0 Å². The van der Waals surface area contributed by atoms with Crippen molar-refractivity contribution in [3.63, 3.8) is 0 Å². The molecule has 11 heteroatoms. The number of nitrogens with one attached hydrogen (secondary N) is 1. The molecule has 4 rings (SSSR count). The van der Waals surface area contributed by atoms with Gasteiger partial charge in [0, 0.05) is 6.20 Å². The largest absolute Gasteiger partial charge is 0.425 e. The third-order valence-corrected chi connectivity index (χ3v) is 4.76. The molecule has 1 fully saturated rings. The summed E-state index contributed by atoms with van der Waals surface area (Å²) in [6, 6.07) is 10.1. The van der Waals surface area contributed by atoms with Gasteiger partial charge in [0.05, 0.1) is 13.1 Å². The van der Waals surface area contributed by atoms with Crippen molar-refractivity contribution in [2.75, 3.05) is 6.54 Å². The molecule has 8 nitrogen and oxygen atoms in total. The first-order chi connectivity index (χ1) is 13.8. The Labute approximate surface area is 161 Å². The Balaban J connectivity index is 1.65. The number of urea groups is 1. The second kappa shape index (κ2) is 6.47. The molecule has 1 atom stereocenters. The molecule has 3 aromatic rings. The minimum Gasteiger partial charge on any atom is -0.312 e. The standard InChI is InChI=1S/C18H14F3N5O3/c19-18(20,21)17(12-6-2-1-3-7-12)14(27)25(15(28)22-17)10-11-26-16(29)24-9-5-4-8-13(24)23-26/h1-9H,10-11H2,(H,22,28). The molecular weight excluding hydrogens is 391 g/mol. The summed E-state index contributed by atoms with van der Waals surface area (Å²) in [5.41, 5.74) is -3.76. The van der Waals surface area contributed by atoms with Crippen LogP contribution >= 0.6 is 0 Å². The summed E-state index contributed by atoms with van der Waals surface area (Å²) in [5, 5.41) is 5.84. The van der Waals surface area contributed by atoms with Crippen LogP contribution in [0.1, 0.15) is 5.56 Å². The summed E-state index contributed by atoms with van der Waals surface area (Å²) < 4.78 is 44.0. The average molecular weight is 405 g/mol. The maximum absolute atomic E-state index is 13.9. The Kier molecular flexibility index (Phi) is 4.17. The first-order valence-corrected chi connectivity index (χ1v) is 8.56. The number of imide groups is 1. The van der Waals surface area contributed by atoms with Crippen molar-refractivity contribution in [3.8, 4) is 0 Å². The highest BCUT2D eigenvalue weighted by Gasteiger charge is 2.68. The quantitative estimate of drug-likeness (QED) is 0.667. The Hall–Kier alpha value is -3.63. The molecule has 0 bridgehead atoms. The molecule has 0 spiro atoms. The highest BCUT2D eigenvalue weighted by molar-refractivity contribution is 6.08. The van der Waals surface area contributed by atoms with Crippen molar-refractivity contribution < 1.29 is 22.8 Å². The number of amides is 3. The van der Waals surface area contributed by atoms with Gasteiger partial charge in [0.25, 0.3) is 5.91 Å². The van der Waals surface area contributed by atoms with E-state index in [4.69, 9.17) is 0 Å². The third kappa shape index (κ3) is 2.77. The Morgan fingerprint density at radius 2 is 1.66 bits per heavy atom. The van der Waals surface area contributed by atoms with Crippen molar-refractivity contribution in [1.82, 2.24) is 24.4 Å². The van der Waals surface area contributed by atoms with Gasteiger partial charge < -0.3 is 5.32 Å².